The summed E-state index contributed by atoms with van der Waals surface area (Å²) < 4.78 is 28.1. The number of pyridine rings is 1. The third kappa shape index (κ3) is 3.41. The molecule has 1 aliphatic heterocycles. The normalized spacial score (nSPS) is 24.4. The van der Waals surface area contributed by atoms with E-state index in [4.69, 9.17) is 10.5 Å². The number of sulfone groups is 1. The Kier molecular flexibility index (Phi) is 3.63. The van der Waals surface area contributed by atoms with Gasteiger partial charge in [-0.3, -0.25) is 4.98 Å². The van der Waals surface area contributed by atoms with Gasteiger partial charge in [0.15, 0.2) is 9.84 Å². The molecule has 6 heteroatoms. The molecule has 1 aromatic heterocycles. The lowest BCUT2D eigenvalue weighted by Gasteiger charge is -2.18. The van der Waals surface area contributed by atoms with E-state index in [-0.39, 0.29) is 23.5 Å². The summed E-state index contributed by atoms with van der Waals surface area (Å²) in [5.41, 5.74) is 5.94. The Morgan fingerprint density at radius 3 is 3.00 bits per heavy atom. The highest BCUT2D eigenvalue weighted by Crippen LogP contribution is 2.21. The average molecular weight is 256 g/mol. The quantitative estimate of drug-likeness (QED) is 0.833. The van der Waals surface area contributed by atoms with E-state index in [0.717, 1.165) is 0 Å². The standard InChI is InChI=1S/C11H16N2O3S/c12-11(9-3-5-17(14,15)8-9)7-16-10-2-1-4-13-6-10/h1-2,4,6,9,11H,3,5,7-8,12H2. The van der Waals surface area contributed by atoms with Crippen LogP contribution in [0.5, 0.6) is 5.75 Å². The Hall–Kier alpha value is -1.14. The number of aromatic nitrogens is 1. The summed E-state index contributed by atoms with van der Waals surface area (Å²) in [6, 6.07) is 3.33. The molecular weight excluding hydrogens is 240 g/mol. The van der Waals surface area contributed by atoms with Gasteiger partial charge < -0.3 is 10.5 Å². The lowest BCUT2D eigenvalue weighted by atomic mass is 10.0. The van der Waals surface area contributed by atoms with Crippen LogP contribution < -0.4 is 10.5 Å². The van der Waals surface area contributed by atoms with Crippen molar-refractivity contribution in [3.63, 3.8) is 0 Å². The second-order valence-corrected chi connectivity index (χ2v) is 6.56. The van der Waals surface area contributed by atoms with E-state index in [9.17, 15) is 8.42 Å². The van der Waals surface area contributed by atoms with Crippen LogP contribution in [-0.2, 0) is 9.84 Å². The van der Waals surface area contributed by atoms with E-state index < -0.39 is 9.84 Å². The molecule has 1 aromatic rings. The average Bonchev–Trinajstić information content (AvgIpc) is 2.68. The molecule has 2 unspecified atom stereocenters. The maximum Gasteiger partial charge on any atom is 0.150 e. The SMILES string of the molecule is NC(COc1cccnc1)C1CCS(=O)(=O)C1. The molecule has 2 atom stereocenters. The molecule has 2 N–H and O–H groups in total. The first-order valence-electron chi connectivity index (χ1n) is 5.56. The number of ether oxygens (including phenoxy) is 1. The van der Waals surface area contributed by atoms with Gasteiger partial charge in [-0.2, -0.15) is 0 Å². The lowest BCUT2D eigenvalue weighted by Crippen LogP contribution is -2.36. The van der Waals surface area contributed by atoms with Crippen LogP contribution in [0.15, 0.2) is 24.5 Å². The van der Waals surface area contributed by atoms with Crippen molar-refractivity contribution >= 4 is 9.84 Å². The minimum absolute atomic E-state index is 0.0108. The van der Waals surface area contributed by atoms with Crippen LogP contribution in [0, 0.1) is 5.92 Å². The summed E-state index contributed by atoms with van der Waals surface area (Å²) in [4.78, 5) is 3.92. The summed E-state index contributed by atoms with van der Waals surface area (Å²) in [5.74, 6) is 1.10. The third-order valence-electron chi connectivity index (χ3n) is 2.95. The Morgan fingerprint density at radius 2 is 2.41 bits per heavy atom. The largest absolute Gasteiger partial charge is 0.490 e. The summed E-state index contributed by atoms with van der Waals surface area (Å²) in [5, 5.41) is 0. The van der Waals surface area contributed by atoms with Gasteiger partial charge in [0.2, 0.25) is 0 Å². The van der Waals surface area contributed by atoms with Crippen LogP contribution in [0.1, 0.15) is 6.42 Å². The van der Waals surface area contributed by atoms with Gasteiger partial charge >= 0.3 is 0 Å². The van der Waals surface area contributed by atoms with Gasteiger partial charge in [-0.25, -0.2) is 8.42 Å². The highest BCUT2D eigenvalue weighted by atomic mass is 32.2. The smallest absolute Gasteiger partial charge is 0.150 e. The Balaban J connectivity index is 1.84. The maximum atomic E-state index is 11.3. The van der Waals surface area contributed by atoms with Gasteiger partial charge in [-0.05, 0) is 24.5 Å². The third-order valence-corrected chi connectivity index (χ3v) is 4.74. The molecule has 0 aliphatic carbocycles. The van der Waals surface area contributed by atoms with Crippen LogP contribution in [-0.4, -0.2) is 37.6 Å². The summed E-state index contributed by atoms with van der Waals surface area (Å²) in [6.45, 7) is 0.325. The van der Waals surface area contributed by atoms with Crippen molar-refractivity contribution in [2.75, 3.05) is 18.1 Å². The fraction of sp³-hybridized carbons (Fsp3) is 0.545. The Bertz CT molecular complexity index is 461. The van der Waals surface area contributed by atoms with Crippen molar-refractivity contribution in [2.45, 2.75) is 12.5 Å². The second-order valence-electron chi connectivity index (χ2n) is 4.33. The molecule has 0 aromatic carbocycles. The number of hydrogen-bond donors (Lipinski definition) is 1. The summed E-state index contributed by atoms with van der Waals surface area (Å²) in [6.07, 6.45) is 3.91. The molecule has 1 saturated heterocycles. The highest BCUT2D eigenvalue weighted by molar-refractivity contribution is 7.91. The fourth-order valence-corrected chi connectivity index (χ4v) is 3.82. The molecule has 1 fully saturated rings. The first kappa shape index (κ1) is 12.3. The van der Waals surface area contributed by atoms with E-state index in [0.29, 0.717) is 18.8 Å². The van der Waals surface area contributed by atoms with E-state index in [1.165, 1.54) is 0 Å². The van der Waals surface area contributed by atoms with Gasteiger partial charge in [0.1, 0.15) is 12.4 Å². The van der Waals surface area contributed by atoms with Crippen molar-refractivity contribution in [1.29, 1.82) is 0 Å². The monoisotopic (exact) mass is 256 g/mol. The number of nitrogens with zero attached hydrogens (tertiary/aromatic N) is 1. The van der Waals surface area contributed by atoms with Crippen LogP contribution in [0.25, 0.3) is 0 Å². The second kappa shape index (κ2) is 5.01. The first-order chi connectivity index (χ1) is 8.07. The van der Waals surface area contributed by atoms with Crippen molar-refractivity contribution in [3.8, 4) is 5.75 Å². The van der Waals surface area contributed by atoms with E-state index >= 15 is 0 Å². The zero-order valence-corrected chi connectivity index (χ0v) is 10.3. The Labute approximate surface area is 101 Å². The van der Waals surface area contributed by atoms with Crippen LogP contribution in [0.4, 0.5) is 0 Å². The van der Waals surface area contributed by atoms with E-state index in [2.05, 4.69) is 4.98 Å². The fourth-order valence-electron chi connectivity index (χ4n) is 1.92. The predicted octanol–water partition coefficient (Wildman–Crippen LogP) is 0.222. The minimum atomic E-state index is -2.87. The molecule has 0 radical (unpaired) electrons. The van der Waals surface area contributed by atoms with E-state index in [1.54, 1.807) is 24.5 Å². The minimum Gasteiger partial charge on any atom is -0.490 e. The molecular formula is C11H16N2O3S. The molecule has 0 saturated carbocycles. The topological polar surface area (TPSA) is 82.3 Å². The van der Waals surface area contributed by atoms with Crippen molar-refractivity contribution < 1.29 is 13.2 Å². The highest BCUT2D eigenvalue weighted by Gasteiger charge is 2.32. The van der Waals surface area contributed by atoms with Gasteiger partial charge in [0.05, 0.1) is 17.7 Å². The van der Waals surface area contributed by atoms with Crippen molar-refractivity contribution in [1.82, 2.24) is 4.98 Å². The van der Waals surface area contributed by atoms with Gasteiger partial charge in [-0.15, -0.1) is 0 Å². The van der Waals surface area contributed by atoms with Gasteiger partial charge in [-0.1, -0.05) is 0 Å². The number of nitrogens with two attached hydrogens (primary N) is 1. The maximum absolute atomic E-state index is 11.3. The summed E-state index contributed by atoms with van der Waals surface area (Å²) >= 11 is 0. The zero-order chi connectivity index (χ0) is 12.3. The molecule has 94 valence electrons. The molecule has 2 rings (SSSR count). The van der Waals surface area contributed by atoms with Crippen LogP contribution >= 0.6 is 0 Å². The molecule has 0 bridgehead atoms. The lowest BCUT2D eigenvalue weighted by molar-refractivity contribution is 0.254. The molecule has 0 spiro atoms. The Morgan fingerprint density at radius 1 is 1.59 bits per heavy atom. The van der Waals surface area contributed by atoms with Crippen LogP contribution in [0.2, 0.25) is 0 Å². The molecule has 0 amide bonds. The van der Waals surface area contributed by atoms with Gasteiger partial charge in [0.25, 0.3) is 0 Å². The number of hydrogen-bond acceptors (Lipinski definition) is 5. The molecule has 1 aliphatic rings. The number of rotatable bonds is 4. The van der Waals surface area contributed by atoms with Gasteiger partial charge in [0, 0.05) is 12.2 Å². The predicted molar refractivity (Wildman–Crippen MR) is 64.5 cm³/mol. The molecule has 17 heavy (non-hydrogen) atoms. The molecule has 2 heterocycles. The zero-order valence-electron chi connectivity index (χ0n) is 9.45. The van der Waals surface area contributed by atoms with E-state index in [1.807, 2.05) is 0 Å². The van der Waals surface area contributed by atoms with Crippen molar-refractivity contribution in [2.24, 2.45) is 11.7 Å². The van der Waals surface area contributed by atoms with Crippen LogP contribution in [0.3, 0.4) is 0 Å². The molecule has 5 nitrogen and oxygen atoms in total. The summed E-state index contributed by atoms with van der Waals surface area (Å²) in [7, 11) is -2.87. The van der Waals surface area contributed by atoms with Crippen molar-refractivity contribution in [3.05, 3.63) is 24.5 Å². The first-order valence-corrected chi connectivity index (χ1v) is 7.38.